The van der Waals surface area contributed by atoms with Crippen molar-refractivity contribution in [2.75, 3.05) is 13.7 Å². The predicted molar refractivity (Wildman–Crippen MR) is 77.2 cm³/mol. The first-order chi connectivity index (χ1) is 9.72. The van der Waals surface area contributed by atoms with Gasteiger partial charge in [0.2, 0.25) is 5.91 Å². The van der Waals surface area contributed by atoms with Gasteiger partial charge in [0.15, 0.2) is 0 Å². The molecule has 1 atom stereocenters. The number of rotatable bonds is 5. The summed E-state index contributed by atoms with van der Waals surface area (Å²) >= 11 is 0. The maximum absolute atomic E-state index is 12.2. The van der Waals surface area contributed by atoms with Gasteiger partial charge in [-0.3, -0.25) is 4.79 Å². The minimum absolute atomic E-state index is 0.133. The zero-order valence-electron chi connectivity index (χ0n) is 12.6. The number of nitrogens with zero attached hydrogens (tertiary/aromatic N) is 1. The average molecular weight is 281 g/mol. The molecule has 1 unspecified atom stereocenters. The van der Waals surface area contributed by atoms with Gasteiger partial charge in [0.25, 0.3) is 0 Å². The van der Waals surface area contributed by atoms with Crippen molar-refractivity contribution in [3.63, 3.8) is 0 Å². The van der Waals surface area contributed by atoms with Crippen LogP contribution in [-0.2, 0) is 14.3 Å². The lowest BCUT2D eigenvalue weighted by molar-refractivity contribution is -0.151. The van der Waals surface area contributed by atoms with Crippen molar-refractivity contribution in [2.45, 2.75) is 70.3 Å². The molecule has 0 aromatic rings. The van der Waals surface area contributed by atoms with Gasteiger partial charge in [-0.05, 0) is 31.6 Å². The minimum Gasteiger partial charge on any atom is -0.467 e. The SMILES string of the molecule is COC(=O)C1CCCN1C(=O)CCCC1CCCCC1. The molecule has 1 aliphatic heterocycles. The van der Waals surface area contributed by atoms with Gasteiger partial charge in [-0.1, -0.05) is 32.1 Å². The Labute approximate surface area is 121 Å². The summed E-state index contributed by atoms with van der Waals surface area (Å²) < 4.78 is 4.78. The van der Waals surface area contributed by atoms with E-state index in [9.17, 15) is 9.59 Å². The van der Waals surface area contributed by atoms with Crippen LogP contribution in [-0.4, -0.2) is 36.5 Å². The molecule has 4 heteroatoms. The summed E-state index contributed by atoms with van der Waals surface area (Å²) in [6.07, 6.45) is 11.1. The highest BCUT2D eigenvalue weighted by Crippen LogP contribution is 2.28. The van der Waals surface area contributed by atoms with Crippen molar-refractivity contribution in [2.24, 2.45) is 5.92 Å². The van der Waals surface area contributed by atoms with Crippen LogP contribution in [0.4, 0.5) is 0 Å². The number of methoxy groups -OCH3 is 1. The minimum atomic E-state index is -0.331. The van der Waals surface area contributed by atoms with Crippen LogP contribution in [0.3, 0.4) is 0 Å². The second-order valence-corrected chi connectivity index (χ2v) is 6.16. The lowest BCUT2D eigenvalue weighted by Crippen LogP contribution is -2.41. The first-order valence-corrected chi connectivity index (χ1v) is 8.09. The molecule has 0 aromatic carbocycles. The summed E-state index contributed by atoms with van der Waals surface area (Å²) in [5, 5.41) is 0. The molecule has 0 aromatic heterocycles. The summed E-state index contributed by atoms with van der Waals surface area (Å²) in [5.41, 5.74) is 0. The Kier molecular flexibility index (Phi) is 5.86. The molecule has 1 saturated heterocycles. The molecule has 1 saturated carbocycles. The van der Waals surface area contributed by atoms with Crippen molar-refractivity contribution in [3.8, 4) is 0 Å². The molecule has 1 amide bonds. The van der Waals surface area contributed by atoms with Gasteiger partial charge in [0.1, 0.15) is 6.04 Å². The molecule has 0 radical (unpaired) electrons. The summed E-state index contributed by atoms with van der Waals surface area (Å²) in [7, 11) is 1.40. The Bertz CT molecular complexity index is 337. The number of esters is 1. The van der Waals surface area contributed by atoms with E-state index in [0.717, 1.165) is 25.2 Å². The molecule has 0 N–H and O–H groups in total. The van der Waals surface area contributed by atoms with Crippen LogP contribution in [0.5, 0.6) is 0 Å². The number of amides is 1. The molecule has 2 rings (SSSR count). The van der Waals surface area contributed by atoms with E-state index in [0.29, 0.717) is 13.0 Å². The van der Waals surface area contributed by atoms with Crippen LogP contribution >= 0.6 is 0 Å². The van der Waals surface area contributed by atoms with Crippen molar-refractivity contribution >= 4 is 11.9 Å². The van der Waals surface area contributed by atoms with Crippen molar-refractivity contribution < 1.29 is 14.3 Å². The lowest BCUT2D eigenvalue weighted by Gasteiger charge is -2.24. The van der Waals surface area contributed by atoms with E-state index in [4.69, 9.17) is 4.74 Å². The Morgan fingerprint density at radius 3 is 2.55 bits per heavy atom. The smallest absolute Gasteiger partial charge is 0.328 e. The second kappa shape index (κ2) is 7.65. The first-order valence-electron chi connectivity index (χ1n) is 8.09. The lowest BCUT2D eigenvalue weighted by atomic mass is 9.86. The van der Waals surface area contributed by atoms with E-state index in [1.807, 2.05) is 0 Å². The third-order valence-electron chi connectivity index (χ3n) is 4.77. The van der Waals surface area contributed by atoms with E-state index >= 15 is 0 Å². The maximum atomic E-state index is 12.2. The molecule has 1 heterocycles. The van der Waals surface area contributed by atoms with Crippen LogP contribution in [0.25, 0.3) is 0 Å². The highest BCUT2D eigenvalue weighted by atomic mass is 16.5. The van der Waals surface area contributed by atoms with Crippen LogP contribution < -0.4 is 0 Å². The molecule has 4 nitrogen and oxygen atoms in total. The van der Waals surface area contributed by atoms with Crippen LogP contribution in [0, 0.1) is 5.92 Å². The average Bonchev–Trinajstić information content (AvgIpc) is 2.97. The van der Waals surface area contributed by atoms with Gasteiger partial charge in [-0.2, -0.15) is 0 Å². The quantitative estimate of drug-likeness (QED) is 0.728. The van der Waals surface area contributed by atoms with Crippen LogP contribution in [0.1, 0.15) is 64.2 Å². The third-order valence-corrected chi connectivity index (χ3v) is 4.77. The summed E-state index contributed by atoms with van der Waals surface area (Å²) in [5.74, 6) is 0.698. The molecule has 20 heavy (non-hydrogen) atoms. The van der Waals surface area contributed by atoms with Gasteiger partial charge < -0.3 is 9.64 Å². The summed E-state index contributed by atoms with van der Waals surface area (Å²) in [6.45, 7) is 0.710. The monoisotopic (exact) mass is 281 g/mol. The van der Waals surface area contributed by atoms with E-state index in [2.05, 4.69) is 0 Å². The van der Waals surface area contributed by atoms with Gasteiger partial charge in [-0.25, -0.2) is 4.79 Å². The first kappa shape index (κ1) is 15.3. The Balaban J connectivity index is 1.72. The molecular formula is C16H27NO3. The number of likely N-dealkylation sites (tertiary alicyclic amines) is 1. The standard InChI is InChI=1S/C16H27NO3/c1-20-16(19)14-10-6-12-17(14)15(18)11-5-9-13-7-3-2-4-8-13/h13-14H,2-12H2,1H3. The number of ether oxygens (including phenoxy) is 1. The molecule has 0 bridgehead atoms. The topological polar surface area (TPSA) is 46.6 Å². The fourth-order valence-electron chi connectivity index (χ4n) is 3.61. The zero-order chi connectivity index (χ0) is 14.4. The van der Waals surface area contributed by atoms with Gasteiger partial charge in [-0.15, -0.1) is 0 Å². The number of carbonyl (C=O) groups is 2. The fraction of sp³-hybridized carbons (Fsp3) is 0.875. The van der Waals surface area contributed by atoms with E-state index in [1.165, 1.54) is 45.6 Å². The van der Waals surface area contributed by atoms with E-state index < -0.39 is 0 Å². The maximum Gasteiger partial charge on any atom is 0.328 e. The normalized spacial score (nSPS) is 23.9. The summed E-state index contributed by atoms with van der Waals surface area (Å²) in [4.78, 5) is 25.6. The van der Waals surface area contributed by atoms with Crippen LogP contribution in [0.2, 0.25) is 0 Å². The molecular weight excluding hydrogens is 254 g/mol. The zero-order valence-corrected chi connectivity index (χ0v) is 12.6. The number of hydrogen-bond acceptors (Lipinski definition) is 3. The molecule has 2 fully saturated rings. The highest BCUT2D eigenvalue weighted by Gasteiger charge is 2.34. The van der Waals surface area contributed by atoms with Gasteiger partial charge >= 0.3 is 5.97 Å². The Morgan fingerprint density at radius 2 is 1.85 bits per heavy atom. The van der Waals surface area contributed by atoms with Crippen molar-refractivity contribution in [1.29, 1.82) is 0 Å². The number of hydrogen-bond donors (Lipinski definition) is 0. The third kappa shape index (κ3) is 3.97. The Morgan fingerprint density at radius 1 is 1.10 bits per heavy atom. The summed E-state index contributed by atoms with van der Waals surface area (Å²) in [6, 6.07) is -0.331. The molecule has 2 aliphatic rings. The van der Waals surface area contributed by atoms with Crippen molar-refractivity contribution in [3.05, 3.63) is 0 Å². The predicted octanol–water partition coefficient (Wildman–Crippen LogP) is 2.90. The molecule has 114 valence electrons. The molecule has 0 spiro atoms. The van der Waals surface area contributed by atoms with Crippen LogP contribution in [0.15, 0.2) is 0 Å². The van der Waals surface area contributed by atoms with Gasteiger partial charge in [0, 0.05) is 13.0 Å². The fourth-order valence-corrected chi connectivity index (χ4v) is 3.61. The molecule has 1 aliphatic carbocycles. The van der Waals surface area contributed by atoms with Gasteiger partial charge in [0.05, 0.1) is 7.11 Å². The van der Waals surface area contributed by atoms with Crippen molar-refractivity contribution in [1.82, 2.24) is 4.90 Å². The second-order valence-electron chi connectivity index (χ2n) is 6.16. The highest BCUT2D eigenvalue weighted by molar-refractivity contribution is 5.85. The van der Waals surface area contributed by atoms with E-state index in [-0.39, 0.29) is 17.9 Å². The largest absolute Gasteiger partial charge is 0.467 e. The van der Waals surface area contributed by atoms with E-state index in [1.54, 1.807) is 4.90 Å². The number of carbonyl (C=O) groups excluding carboxylic acids is 2. The Hall–Kier alpha value is -1.06.